The van der Waals surface area contributed by atoms with Gasteiger partial charge in [0.15, 0.2) is 0 Å². The van der Waals surface area contributed by atoms with E-state index in [0.717, 1.165) is 0 Å². The van der Waals surface area contributed by atoms with Crippen molar-refractivity contribution in [3.05, 3.63) is 12.7 Å². The fourth-order valence-electron chi connectivity index (χ4n) is 0.925. The molecule has 0 heterocycles. The third-order valence-corrected chi connectivity index (χ3v) is 1.79. The number of carbonyl (C=O) groups excluding carboxylic acids is 2. The van der Waals surface area contributed by atoms with Crippen molar-refractivity contribution in [1.29, 1.82) is 0 Å². The maximum absolute atomic E-state index is 11.1. The molecule has 86 valence electrons. The van der Waals surface area contributed by atoms with E-state index < -0.39 is 6.09 Å². The highest BCUT2D eigenvalue weighted by atomic mass is 16.5. The largest absolute Gasteiger partial charge is 0.469 e. The molecule has 1 atom stereocenters. The second-order valence-electron chi connectivity index (χ2n) is 2.92. The molecule has 0 rings (SSSR count). The van der Waals surface area contributed by atoms with Gasteiger partial charge in [-0.25, -0.2) is 4.79 Å². The minimum absolute atomic E-state index is 0.149. The molecular formula is C10H17NO4. The maximum Gasteiger partial charge on any atom is 0.407 e. The van der Waals surface area contributed by atoms with E-state index in [1.165, 1.54) is 13.2 Å². The lowest BCUT2D eigenvalue weighted by Crippen LogP contribution is -2.36. The average Bonchev–Trinajstić information content (AvgIpc) is 2.25. The van der Waals surface area contributed by atoms with Gasteiger partial charge in [-0.3, -0.25) is 4.79 Å². The highest BCUT2D eigenvalue weighted by molar-refractivity contribution is 5.72. The fraction of sp³-hybridized carbons (Fsp3) is 0.600. The minimum atomic E-state index is -0.550. The summed E-state index contributed by atoms with van der Waals surface area (Å²) >= 11 is 0. The van der Waals surface area contributed by atoms with Crippen molar-refractivity contribution in [2.24, 2.45) is 0 Å². The maximum atomic E-state index is 11.1. The number of ether oxygens (including phenoxy) is 2. The molecule has 0 aromatic heterocycles. The Kier molecular flexibility index (Phi) is 7.05. The Morgan fingerprint density at radius 2 is 2.20 bits per heavy atom. The van der Waals surface area contributed by atoms with E-state index in [4.69, 9.17) is 4.74 Å². The number of amides is 1. The van der Waals surface area contributed by atoms with Crippen molar-refractivity contribution in [1.82, 2.24) is 5.32 Å². The van der Waals surface area contributed by atoms with Gasteiger partial charge in [-0.15, -0.1) is 0 Å². The van der Waals surface area contributed by atoms with Gasteiger partial charge in [0.25, 0.3) is 0 Å². The summed E-state index contributed by atoms with van der Waals surface area (Å²) in [5.74, 6) is -0.356. The zero-order chi connectivity index (χ0) is 11.7. The first kappa shape index (κ1) is 13.5. The Morgan fingerprint density at radius 3 is 2.67 bits per heavy atom. The molecule has 5 heteroatoms. The van der Waals surface area contributed by atoms with Crippen molar-refractivity contribution < 1.29 is 19.1 Å². The van der Waals surface area contributed by atoms with Gasteiger partial charge in [0.05, 0.1) is 13.5 Å². The van der Waals surface area contributed by atoms with Crippen LogP contribution in [0.2, 0.25) is 0 Å². The quantitative estimate of drug-likeness (QED) is 0.535. The number of hydrogen-bond donors (Lipinski definition) is 1. The van der Waals surface area contributed by atoms with Gasteiger partial charge in [0.1, 0.15) is 6.61 Å². The molecule has 1 amide bonds. The third-order valence-electron chi connectivity index (χ3n) is 1.79. The van der Waals surface area contributed by atoms with E-state index in [1.54, 1.807) is 0 Å². The fourth-order valence-corrected chi connectivity index (χ4v) is 0.925. The Morgan fingerprint density at radius 1 is 1.53 bits per heavy atom. The number of hydrogen-bond acceptors (Lipinski definition) is 4. The molecule has 0 bridgehead atoms. The van der Waals surface area contributed by atoms with Crippen molar-refractivity contribution in [3.63, 3.8) is 0 Å². The molecule has 0 fully saturated rings. The first-order chi connectivity index (χ1) is 7.13. The predicted molar refractivity (Wildman–Crippen MR) is 55.4 cm³/mol. The number of nitrogens with one attached hydrogen (secondary N) is 1. The summed E-state index contributed by atoms with van der Waals surface area (Å²) in [7, 11) is 1.31. The van der Waals surface area contributed by atoms with Crippen LogP contribution in [0.15, 0.2) is 12.7 Å². The van der Waals surface area contributed by atoms with Gasteiger partial charge >= 0.3 is 12.1 Å². The molecule has 0 aliphatic carbocycles. The van der Waals surface area contributed by atoms with Crippen LogP contribution in [-0.2, 0) is 14.3 Å². The molecule has 0 spiro atoms. The summed E-state index contributed by atoms with van der Waals surface area (Å²) in [6.45, 7) is 5.43. The number of methoxy groups -OCH3 is 1. The molecule has 0 saturated carbocycles. The summed E-state index contributed by atoms with van der Waals surface area (Å²) in [5, 5.41) is 2.56. The SMILES string of the molecule is C=CCOC(=O)NC(CC)CC(=O)OC. The van der Waals surface area contributed by atoms with Gasteiger partial charge in [-0.2, -0.15) is 0 Å². The standard InChI is InChI=1S/C10H17NO4/c1-4-6-15-10(13)11-8(5-2)7-9(12)14-3/h4,8H,1,5-7H2,2-3H3,(H,11,13). The lowest BCUT2D eigenvalue weighted by molar-refractivity contribution is -0.141. The Bertz CT molecular complexity index is 227. The van der Waals surface area contributed by atoms with Crippen LogP contribution >= 0.6 is 0 Å². The van der Waals surface area contributed by atoms with E-state index in [0.29, 0.717) is 6.42 Å². The van der Waals surface area contributed by atoms with E-state index in [2.05, 4.69) is 16.6 Å². The molecular weight excluding hydrogens is 198 g/mol. The summed E-state index contributed by atoms with van der Waals surface area (Å²) in [4.78, 5) is 22.1. The smallest absolute Gasteiger partial charge is 0.407 e. The first-order valence-electron chi connectivity index (χ1n) is 4.75. The normalized spacial score (nSPS) is 11.3. The van der Waals surface area contributed by atoms with Crippen LogP contribution in [0.4, 0.5) is 4.79 Å². The highest BCUT2D eigenvalue weighted by Gasteiger charge is 2.15. The zero-order valence-corrected chi connectivity index (χ0v) is 9.12. The second kappa shape index (κ2) is 7.84. The molecule has 15 heavy (non-hydrogen) atoms. The number of carbonyl (C=O) groups is 2. The van der Waals surface area contributed by atoms with Crippen molar-refractivity contribution in [2.45, 2.75) is 25.8 Å². The second-order valence-corrected chi connectivity index (χ2v) is 2.92. The first-order valence-corrected chi connectivity index (χ1v) is 4.75. The van der Waals surface area contributed by atoms with Crippen molar-refractivity contribution in [2.75, 3.05) is 13.7 Å². The van der Waals surface area contributed by atoms with Crippen LogP contribution in [0.1, 0.15) is 19.8 Å². The molecule has 0 aliphatic rings. The lowest BCUT2D eigenvalue weighted by atomic mass is 10.1. The average molecular weight is 215 g/mol. The van der Waals surface area contributed by atoms with Crippen LogP contribution in [0.5, 0.6) is 0 Å². The summed E-state index contributed by atoms with van der Waals surface area (Å²) in [6.07, 6.45) is 1.71. The Balaban J connectivity index is 3.92. The molecule has 5 nitrogen and oxygen atoms in total. The van der Waals surface area contributed by atoms with Crippen LogP contribution in [0, 0.1) is 0 Å². The summed E-state index contributed by atoms with van der Waals surface area (Å²) in [6, 6.07) is -0.255. The van der Waals surface area contributed by atoms with E-state index in [9.17, 15) is 9.59 Å². The molecule has 0 aromatic carbocycles. The molecule has 1 unspecified atom stereocenters. The predicted octanol–water partition coefficient (Wildman–Crippen LogP) is 1.24. The van der Waals surface area contributed by atoms with E-state index in [1.807, 2.05) is 6.92 Å². The summed E-state index contributed by atoms with van der Waals surface area (Å²) in [5.41, 5.74) is 0. The van der Waals surface area contributed by atoms with Crippen LogP contribution < -0.4 is 5.32 Å². The lowest BCUT2D eigenvalue weighted by Gasteiger charge is -2.14. The van der Waals surface area contributed by atoms with Crippen LogP contribution in [0.25, 0.3) is 0 Å². The third kappa shape index (κ3) is 6.54. The Labute approximate surface area is 89.4 Å². The zero-order valence-electron chi connectivity index (χ0n) is 9.12. The van der Waals surface area contributed by atoms with Gasteiger partial charge in [-0.05, 0) is 6.42 Å². The number of esters is 1. The number of rotatable bonds is 6. The molecule has 1 N–H and O–H groups in total. The molecule has 0 aliphatic heterocycles. The highest BCUT2D eigenvalue weighted by Crippen LogP contribution is 1.99. The Hall–Kier alpha value is -1.52. The van der Waals surface area contributed by atoms with Gasteiger partial charge in [0, 0.05) is 6.04 Å². The minimum Gasteiger partial charge on any atom is -0.469 e. The van der Waals surface area contributed by atoms with Gasteiger partial charge in [-0.1, -0.05) is 19.6 Å². The number of alkyl carbamates (subject to hydrolysis) is 1. The van der Waals surface area contributed by atoms with E-state index in [-0.39, 0.29) is 25.0 Å². The van der Waals surface area contributed by atoms with Crippen molar-refractivity contribution >= 4 is 12.1 Å². The van der Waals surface area contributed by atoms with Crippen LogP contribution in [-0.4, -0.2) is 31.8 Å². The summed E-state index contributed by atoms with van der Waals surface area (Å²) < 4.78 is 9.22. The van der Waals surface area contributed by atoms with Crippen LogP contribution in [0.3, 0.4) is 0 Å². The van der Waals surface area contributed by atoms with Crippen molar-refractivity contribution in [3.8, 4) is 0 Å². The van der Waals surface area contributed by atoms with Gasteiger partial charge < -0.3 is 14.8 Å². The molecule has 0 saturated heterocycles. The molecule has 0 radical (unpaired) electrons. The van der Waals surface area contributed by atoms with E-state index >= 15 is 0 Å². The molecule has 0 aromatic rings. The topological polar surface area (TPSA) is 64.6 Å². The monoisotopic (exact) mass is 215 g/mol. The van der Waals surface area contributed by atoms with Gasteiger partial charge in [0.2, 0.25) is 0 Å².